The second-order valence-corrected chi connectivity index (χ2v) is 2.63. The van der Waals surface area contributed by atoms with Crippen molar-refractivity contribution in [3.63, 3.8) is 0 Å². The van der Waals surface area contributed by atoms with E-state index in [1.165, 1.54) is 6.08 Å². The molecular formula is C9H16O2. The monoisotopic (exact) mass is 156 g/mol. The van der Waals surface area contributed by atoms with Crippen LogP contribution in [0.25, 0.3) is 0 Å². The van der Waals surface area contributed by atoms with E-state index in [0.717, 1.165) is 0 Å². The van der Waals surface area contributed by atoms with Crippen LogP contribution in [-0.4, -0.2) is 21.9 Å². The molecule has 11 heavy (non-hydrogen) atoms. The van der Waals surface area contributed by atoms with E-state index in [1.54, 1.807) is 0 Å². The highest BCUT2D eigenvalue weighted by Crippen LogP contribution is 2.19. The Hall–Kier alpha value is -0.560. The molecule has 2 nitrogen and oxygen atoms in total. The van der Waals surface area contributed by atoms with Crippen molar-refractivity contribution in [2.45, 2.75) is 38.4 Å². The number of aliphatic hydroxyl groups excluding tert-OH is 1. The predicted molar refractivity (Wildman–Crippen MR) is 45.2 cm³/mol. The SMILES string of the molecule is C=C=CC(O)C(O)(CC)CC. The highest BCUT2D eigenvalue weighted by atomic mass is 16.3. The van der Waals surface area contributed by atoms with Gasteiger partial charge in [-0.15, -0.1) is 5.73 Å². The van der Waals surface area contributed by atoms with Crippen LogP contribution in [0.4, 0.5) is 0 Å². The maximum atomic E-state index is 9.68. The third-order valence-corrected chi connectivity index (χ3v) is 2.05. The van der Waals surface area contributed by atoms with Crippen LogP contribution in [0.15, 0.2) is 18.4 Å². The smallest absolute Gasteiger partial charge is 0.108 e. The number of hydrogen-bond acceptors (Lipinski definition) is 2. The minimum absolute atomic E-state index is 0.531. The van der Waals surface area contributed by atoms with E-state index < -0.39 is 11.7 Å². The molecule has 1 unspecified atom stereocenters. The Balaban J connectivity index is 4.35. The summed E-state index contributed by atoms with van der Waals surface area (Å²) in [5.41, 5.74) is 1.45. The molecule has 0 saturated carbocycles. The molecule has 64 valence electrons. The summed E-state index contributed by atoms with van der Waals surface area (Å²) >= 11 is 0. The molecule has 0 aliphatic carbocycles. The number of aliphatic hydroxyl groups is 2. The van der Waals surface area contributed by atoms with Crippen molar-refractivity contribution in [3.05, 3.63) is 18.4 Å². The molecule has 0 aliphatic heterocycles. The fourth-order valence-electron chi connectivity index (χ4n) is 0.935. The summed E-state index contributed by atoms with van der Waals surface area (Å²) in [5.74, 6) is 0. The molecule has 0 radical (unpaired) electrons. The quantitative estimate of drug-likeness (QED) is 0.601. The molecule has 0 amide bonds. The van der Waals surface area contributed by atoms with Gasteiger partial charge < -0.3 is 10.2 Å². The van der Waals surface area contributed by atoms with Crippen molar-refractivity contribution >= 4 is 0 Å². The molecule has 0 aromatic carbocycles. The molecule has 1 atom stereocenters. The van der Waals surface area contributed by atoms with Gasteiger partial charge in [-0.3, -0.25) is 0 Å². The molecule has 2 heteroatoms. The van der Waals surface area contributed by atoms with Gasteiger partial charge in [0.2, 0.25) is 0 Å². The van der Waals surface area contributed by atoms with Crippen LogP contribution in [0.1, 0.15) is 26.7 Å². The summed E-state index contributed by atoms with van der Waals surface area (Å²) in [5, 5.41) is 19.0. The highest BCUT2D eigenvalue weighted by molar-refractivity contribution is 4.97. The van der Waals surface area contributed by atoms with Crippen LogP contribution in [-0.2, 0) is 0 Å². The fraction of sp³-hybridized carbons (Fsp3) is 0.667. The lowest BCUT2D eigenvalue weighted by Gasteiger charge is -2.28. The predicted octanol–water partition coefficient (Wildman–Crippen LogP) is 1.24. The standard InChI is InChI=1S/C9H16O2/c1-4-7-8(10)9(11,5-2)6-3/h7-8,10-11H,1,5-6H2,2-3H3. The van der Waals surface area contributed by atoms with Gasteiger partial charge in [0.05, 0.1) is 5.60 Å². The Bertz CT molecular complexity index is 153. The zero-order valence-corrected chi connectivity index (χ0v) is 7.17. The Morgan fingerprint density at radius 3 is 2.27 bits per heavy atom. The molecule has 2 N–H and O–H groups in total. The van der Waals surface area contributed by atoms with Crippen molar-refractivity contribution < 1.29 is 10.2 Å². The Labute approximate surface area is 67.9 Å². The van der Waals surface area contributed by atoms with Crippen LogP contribution in [0.3, 0.4) is 0 Å². The van der Waals surface area contributed by atoms with Gasteiger partial charge in [-0.1, -0.05) is 20.4 Å². The molecule has 0 heterocycles. The molecular weight excluding hydrogens is 140 g/mol. The van der Waals surface area contributed by atoms with Gasteiger partial charge in [0, 0.05) is 0 Å². The lowest BCUT2D eigenvalue weighted by Crippen LogP contribution is -2.39. The van der Waals surface area contributed by atoms with Crippen molar-refractivity contribution in [1.29, 1.82) is 0 Å². The Morgan fingerprint density at radius 1 is 1.55 bits per heavy atom. The third kappa shape index (κ3) is 2.51. The van der Waals surface area contributed by atoms with Crippen LogP contribution >= 0.6 is 0 Å². The zero-order valence-electron chi connectivity index (χ0n) is 7.17. The van der Waals surface area contributed by atoms with E-state index in [2.05, 4.69) is 12.3 Å². The molecule has 0 bridgehead atoms. The van der Waals surface area contributed by atoms with Crippen LogP contribution < -0.4 is 0 Å². The molecule has 0 rings (SSSR count). The molecule has 0 spiro atoms. The van der Waals surface area contributed by atoms with Crippen molar-refractivity contribution in [1.82, 2.24) is 0 Å². The lowest BCUT2D eigenvalue weighted by molar-refractivity contribution is -0.0572. The number of rotatable bonds is 4. The van der Waals surface area contributed by atoms with E-state index >= 15 is 0 Å². The largest absolute Gasteiger partial charge is 0.387 e. The van der Waals surface area contributed by atoms with E-state index in [4.69, 9.17) is 0 Å². The summed E-state index contributed by atoms with van der Waals surface area (Å²) in [6.07, 6.45) is 1.59. The van der Waals surface area contributed by atoms with Crippen molar-refractivity contribution in [2.75, 3.05) is 0 Å². The fourth-order valence-corrected chi connectivity index (χ4v) is 0.935. The first-order chi connectivity index (χ1) is 5.10. The summed E-state index contributed by atoms with van der Waals surface area (Å²) in [6, 6.07) is 0. The summed E-state index contributed by atoms with van der Waals surface area (Å²) in [4.78, 5) is 0. The third-order valence-electron chi connectivity index (χ3n) is 2.05. The zero-order chi connectivity index (χ0) is 8.91. The van der Waals surface area contributed by atoms with E-state index in [0.29, 0.717) is 12.8 Å². The van der Waals surface area contributed by atoms with E-state index in [9.17, 15) is 10.2 Å². The minimum Gasteiger partial charge on any atom is -0.387 e. The summed E-state index contributed by atoms with van der Waals surface area (Å²) in [7, 11) is 0. The van der Waals surface area contributed by atoms with Gasteiger partial charge in [0.25, 0.3) is 0 Å². The van der Waals surface area contributed by atoms with E-state index in [-0.39, 0.29) is 0 Å². The summed E-state index contributed by atoms with van der Waals surface area (Å²) in [6.45, 7) is 7.01. The highest BCUT2D eigenvalue weighted by Gasteiger charge is 2.29. The molecule has 0 aromatic heterocycles. The average molecular weight is 156 g/mol. The van der Waals surface area contributed by atoms with Crippen molar-refractivity contribution in [3.8, 4) is 0 Å². The first kappa shape index (κ1) is 10.4. The second kappa shape index (κ2) is 4.35. The van der Waals surface area contributed by atoms with Gasteiger partial charge in [-0.05, 0) is 18.9 Å². The first-order valence-electron chi connectivity index (χ1n) is 3.87. The van der Waals surface area contributed by atoms with Gasteiger partial charge in [-0.25, -0.2) is 0 Å². The maximum absolute atomic E-state index is 9.68. The van der Waals surface area contributed by atoms with Crippen molar-refractivity contribution in [2.24, 2.45) is 0 Å². The van der Waals surface area contributed by atoms with Crippen LogP contribution in [0.2, 0.25) is 0 Å². The lowest BCUT2D eigenvalue weighted by atomic mass is 9.91. The number of hydrogen-bond donors (Lipinski definition) is 2. The Morgan fingerprint density at radius 2 is 2.00 bits per heavy atom. The average Bonchev–Trinajstić information content (AvgIpc) is 2.03. The molecule has 0 aliphatic rings. The summed E-state index contributed by atoms with van der Waals surface area (Å²) < 4.78 is 0. The normalized spacial score (nSPS) is 13.8. The Kier molecular flexibility index (Phi) is 4.12. The first-order valence-corrected chi connectivity index (χ1v) is 3.87. The maximum Gasteiger partial charge on any atom is 0.108 e. The van der Waals surface area contributed by atoms with Gasteiger partial charge in [0.1, 0.15) is 6.10 Å². The topological polar surface area (TPSA) is 40.5 Å². The molecule has 0 fully saturated rings. The van der Waals surface area contributed by atoms with Crippen LogP contribution in [0, 0.1) is 0 Å². The molecule has 0 saturated heterocycles. The van der Waals surface area contributed by atoms with Crippen LogP contribution in [0.5, 0.6) is 0 Å². The van der Waals surface area contributed by atoms with Gasteiger partial charge in [-0.2, -0.15) is 0 Å². The second-order valence-electron chi connectivity index (χ2n) is 2.63. The van der Waals surface area contributed by atoms with Gasteiger partial charge in [0.15, 0.2) is 0 Å². The molecule has 0 aromatic rings. The van der Waals surface area contributed by atoms with E-state index in [1.807, 2.05) is 13.8 Å². The minimum atomic E-state index is -1.01. The van der Waals surface area contributed by atoms with Gasteiger partial charge >= 0.3 is 0 Å².